The Morgan fingerprint density at radius 1 is 1.78 bits per heavy atom. The van der Waals surface area contributed by atoms with Crippen molar-refractivity contribution >= 4 is 20.7 Å². The molecule has 0 aromatic heterocycles. The molecule has 2 atom stereocenters. The number of hydrogen-bond donors (Lipinski definition) is 0. The van der Waals surface area contributed by atoms with Crippen molar-refractivity contribution < 1.29 is 8.95 Å². The molecule has 0 aliphatic carbocycles. The molecule has 0 aromatic carbocycles. The lowest BCUT2D eigenvalue weighted by Crippen LogP contribution is -2.12. The van der Waals surface area contributed by atoms with Crippen molar-refractivity contribution in [3.63, 3.8) is 0 Å². The summed E-state index contributed by atoms with van der Waals surface area (Å²) in [5.74, 6) is 0.488. The highest BCUT2D eigenvalue weighted by molar-refractivity contribution is 8.08. The van der Waals surface area contributed by atoms with E-state index in [-0.39, 0.29) is 6.10 Å². The van der Waals surface area contributed by atoms with Gasteiger partial charge in [-0.2, -0.15) is 0 Å². The molecular formula is C5H9ClO2S. The molecule has 0 N–H and O–H groups in total. The van der Waals surface area contributed by atoms with Gasteiger partial charge in [-0.1, -0.05) is 0 Å². The molecule has 1 heterocycles. The van der Waals surface area contributed by atoms with Gasteiger partial charge in [-0.3, -0.25) is 0 Å². The van der Waals surface area contributed by atoms with E-state index in [1.807, 2.05) is 0 Å². The Kier molecular flexibility index (Phi) is 2.95. The fourth-order valence-electron chi connectivity index (χ4n) is 0.922. The summed E-state index contributed by atoms with van der Waals surface area (Å²) < 4.78 is 15.6. The van der Waals surface area contributed by atoms with Crippen molar-refractivity contribution in [2.45, 2.75) is 18.9 Å². The molecule has 2 nitrogen and oxygen atoms in total. The van der Waals surface area contributed by atoms with Gasteiger partial charge in [0.25, 0.3) is 0 Å². The Labute approximate surface area is 61.5 Å². The summed E-state index contributed by atoms with van der Waals surface area (Å²) in [5, 5.41) is 0. The predicted octanol–water partition coefficient (Wildman–Crippen LogP) is 1.07. The fraction of sp³-hybridized carbons (Fsp3) is 1.00. The molecule has 0 spiro atoms. The lowest BCUT2D eigenvalue weighted by atomic mass is 10.3. The maximum atomic E-state index is 10.4. The van der Waals surface area contributed by atoms with Crippen LogP contribution in [0, 0.1) is 0 Å². The zero-order valence-corrected chi connectivity index (χ0v) is 6.58. The molecule has 1 aliphatic heterocycles. The molecule has 2 unspecified atom stereocenters. The first-order valence-electron chi connectivity index (χ1n) is 2.95. The maximum Gasteiger partial charge on any atom is 0.117 e. The topological polar surface area (TPSA) is 26.3 Å². The molecule has 0 saturated carbocycles. The Hall–Kier alpha value is 0.400. The van der Waals surface area contributed by atoms with Crippen molar-refractivity contribution in [2.24, 2.45) is 0 Å². The summed E-state index contributed by atoms with van der Waals surface area (Å²) in [6.07, 6.45) is 2.25. The predicted molar refractivity (Wildman–Crippen MR) is 37.8 cm³/mol. The second-order valence-corrected chi connectivity index (χ2v) is 4.04. The van der Waals surface area contributed by atoms with Crippen LogP contribution in [-0.4, -0.2) is 22.7 Å². The standard InChI is InChI=1S/C5H9ClO2S/c6-9(7)4-5-2-1-3-8-5/h5H,1-4H2. The second kappa shape index (κ2) is 3.54. The van der Waals surface area contributed by atoms with Gasteiger partial charge in [-0.25, -0.2) is 4.21 Å². The van der Waals surface area contributed by atoms with Gasteiger partial charge >= 0.3 is 0 Å². The highest BCUT2D eigenvalue weighted by Gasteiger charge is 2.16. The van der Waals surface area contributed by atoms with E-state index in [2.05, 4.69) is 0 Å². The third-order valence-corrected chi connectivity index (χ3v) is 2.35. The molecule has 1 rings (SSSR count). The molecule has 0 amide bonds. The van der Waals surface area contributed by atoms with Gasteiger partial charge in [0.15, 0.2) is 0 Å². The van der Waals surface area contributed by atoms with E-state index in [4.69, 9.17) is 15.4 Å². The number of halogens is 1. The molecule has 0 aromatic rings. The number of rotatable bonds is 2. The fourth-order valence-corrected chi connectivity index (χ4v) is 1.90. The molecule has 1 aliphatic rings. The van der Waals surface area contributed by atoms with Gasteiger partial charge in [0, 0.05) is 6.61 Å². The average Bonchev–Trinajstić information content (AvgIpc) is 2.15. The van der Waals surface area contributed by atoms with Gasteiger partial charge in [-0.05, 0) is 23.5 Å². The van der Waals surface area contributed by atoms with E-state index in [1.165, 1.54) is 0 Å². The minimum Gasteiger partial charge on any atom is -0.377 e. The van der Waals surface area contributed by atoms with Gasteiger partial charge in [0.05, 0.1) is 11.9 Å². The minimum absolute atomic E-state index is 0.156. The summed E-state index contributed by atoms with van der Waals surface area (Å²) in [7, 11) is 4.04. The molecule has 4 heteroatoms. The lowest BCUT2D eigenvalue weighted by Gasteiger charge is -2.03. The highest BCUT2D eigenvalue weighted by Crippen LogP contribution is 2.13. The molecule has 0 bridgehead atoms. The molecule has 9 heavy (non-hydrogen) atoms. The van der Waals surface area contributed by atoms with Crippen LogP contribution >= 0.6 is 10.7 Å². The Morgan fingerprint density at radius 3 is 3.00 bits per heavy atom. The van der Waals surface area contributed by atoms with Gasteiger partial charge in [0.2, 0.25) is 0 Å². The summed E-state index contributed by atoms with van der Waals surface area (Å²) in [4.78, 5) is 0. The molecule has 1 saturated heterocycles. The molecule has 1 fully saturated rings. The van der Waals surface area contributed by atoms with Crippen LogP contribution in [0.1, 0.15) is 12.8 Å². The van der Waals surface area contributed by atoms with E-state index in [1.54, 1.807) is 0 Å². The van der Waals surface area contributed by atoms with E-state index < -0.39 is 10.0 Å². The van der Waals surface area contributed by atoms with Gasteiger partial charge in [-0.15, -0.1) is 0 Å². The summed E-state index contributed by atoms with van der Waals surface area (Å²) in [6.45, 7) is 0.804. The van der Waals surface area contributed by atoms with Crippen LogP contribution in [0.15, 0.2) is 0 Å². The van der Waals surface area contributed by atoms with Crippen molar-refractivity contribution in [3.8, 4) is 0 Å². The van der Waals surface area contributed by atoms with Crippen LogP contribution in [0.3, 0.4) is 0 Å². The number of ether oxygens (including phenoxy) is 1. The number of hydrogen-bond acceptors (Lipinski definition) is 2. The average molecular weight is 169 g/mol. The highest BCUT2D eigenvalue weighted by atomic mass is 35.7. The Morgan fingerprint density at radius 2 is 2.56 bits per heavy atom. The Bertz CT molecular complexity index is 112. The van der Waals surface area contributed by atoms with E-state index in [0.29, 0.717) is 5.75 Å². The first kappa shape index (κ1) is 7.51. The first-order valence-corrected chi connectivity index (χ1v) is 5.10. The van der Waals surface area contributed by atoms with Gasteiger partial charge in [0.1, 0.15) is 10.0 Å². The van der Waals surface area contributed by atoms with E-state index in [9.17, 15) is 4.21 Å². The van der Waals surface area contributed by atoms with Crippen molar-refractivity contribution in [1.82, 2.24) is 0 Å². The monoisotopic (exact) mass is 168 g/mol. The van der Waals surface area contributed by atoms with Crippen LogP contribution in [0.4, 0.5) is 0 Å². The van der Waals surface area contributed by atoms with Crippen LogP contribution in [0.2, 0.25) is 0 Å². The molecule has 0 radical (unpaired) electrons. The van der Waals surface area contributed by atoms with Crippen LogP contribution in [0.25, 0.3) is 0 Å². The molecule has 54 valence electrons. The van der Waals surface area contributed by atoms with Crippen molar-refractivity contribution in [2.75, 3.05) is 12.4 Å². The van der Waals surface area contributed by atoms with Crippen LogP contribution in [-0.2, 0) is 14.7 Å². The largest absolute Gasteiger partial charge is 0.377 e. The Balaban J connectivity index is 2.19. The van der Waals surface area contributed by atoms with Crippen molar-refractivity contribution in [1.29, 1.82) is 0 Å². The summed E-state index contributed by atoms with van der Waals surface area (Å²) in [5.41, 5.74) is 0. The smallest absolute Gasteiger partial charge is 0.117 e. The second-order valence-electron chi connectivity index (χ2n) is 2.09. The molecular weight excluding hydrogens is 160 g/mol. The van der Waals surface area contributed by atoms with Gasteiger partial charge < -0.3 is 4.74 Å². The lowest BCUT2D eigenvalue weighted by molar-refractivity contribution is 0.128. The van der Waals surface area contributed by atoms with Crippen LogP contribution in [0.5, 0.6) is 0 Å². The normalized spacial score (nSPS) is 30.6. The minimum atomic E-state index is -1.21. The zero-order valence-electron chi connectivity index (χ0n) is 5.01. The summed E-state index contributed by atoms with van der Waals surface area (Å²) in [6, 6.07) is 0. The zero-order chi connectivity index (χ0) is 6.69. The third-order valence-electron chi connectivity index (χ3n) is 1.34. The first-order chi connectivity index (χ1) is 4.29. The van der Waals surface area contributed by atoms with Crippen molar-refractivity contribution in [3.05, 3.63) is 0 Å². The SMILES string of the molecule is O=S(Cl)CC1CCCO1. The maximum absolute atomic E-state index is 10.4. The van der Waals surface area contributed by atoms with Crippen LogP contribution < -0.4 is 0 Å². The van der Waals surface area contributed by atoms with E-state index in [0.717, 1.165) is 19.4 Å². The third kappa shape index (κ3) is 2.65. The van der Waals surface area contributed by atoms with E-state index >= 15 is 0 Å². The summed E-state index contributed by atoms with van der Waals surface area (Å²) >= 11 is 0. The quantitative estimate of drug-likeness (QED) is 0.577.